The molecule has 7 heteroatoms. The highest BCUT2D eigenvalue weighted by molar-refractivity contribution is 5.80. The molecule has 2 aromatic carbocycles. The number of aryl methyl sites for hydroxylation is 1. The predicted molar refractivity (Wildman–Crippen MR) is 123 cm³/mol. The van der Waals surface area contributed by atoms with E-state index in [0.29, 0.717) is 24.1 Å². The average Bonchev–Trinajstić information content (AvgIpc) is 2.77. The first kappa shape index (κ1) is 22.5. The number of nitrogens with zero attached hydrogens (tertiary/aromatic N) is 3. The van der Waals surface area contributed by atoms with Crippen LogP contribution in [0.4, 0.5) is 0 Å². The van der Waals surface area contributed by atoms with Crippen molar-refractivity contribution in [2.75, 3.05) is 13.6 Å². The van der Waals surface area contributed by atoms with Gasteiger partial charge >= 0.3 is 11.1 Å². The van der Waals surface area contributed by atoms with E-state index in [0.717, 1.165) is 13.0 Å². The van der Waals surface area contributed by atoms with Crippen molar-refractivity contribution in [3.8, 4) is 0 Å². The highest BCUT2D eigenvalue weighted by Gasteiger charge is 2.17. The molecule has 1 amide bonds. The average molecular weight is 423 g/mol. The summed E-state index contributed by atoms with van der Waals surface area (Å²) in [4.78, 5) is 40.1. The fourth-order valence-corrected chi connectivity index (χ4v) is 3.87. The summed E-state index contributed by atoms with van der Waals surface area (Å²) >= 11 is 0. The van der Waals surface area contributed by atoms with Gasteiger partial charge in [0, 0.05) is 25.7 Å². The van der Waals surface area contributed by atoms with Gasteiger partial charge in [-0.1, -0.05) is 49.4 Å². The summed E-state index contributed by atoms with van der Waals surface area (Å²) in [6.45, 7) is 5.52. The Morgan fingerprint density at radius 2 is 1.52 bits per heavy atom. The highest BCUT2D eigenvalue weighted by Crippen LogP contribution is 2.10. The molecule has 0 saturated heterocycles. The van der Waals surface area contributed by atoms with E-state index >= 15 is 0 Å². The Hall–Kier alpha value is -3.19. The molecule has 0 bridgehead atoms. The maximum atomic E-state index is 12.8. The fourth-order valence-electron chi connectivity index (χ4n) is 3.87. The van der Waals surface area contributed by atoms with Crippen LogP contribution in [-0.2, 0) is 24.4 Å². The number of benzene rings is 2. The number of para-hydroxylation sites is 2. The van der Waals surface area contributed by atoms with Gasteiger partial charge in [-0.2, -0.15) is 0 Å². The maximum absolute atomic E-state index is 12.8. The molecule has 7 nitrogen and oxygen atoms in total. The van der Waals surface area contributed by atoms with Crippen LogP contribution in [0.2, 0.25) is 0 Å². The summed E-state index contributed by atoms with van der Waals surface area (Å²) in [5, 5.41) is 3.02. The molecule has 1 heterocycles. The third-order valence-corrected chi connectivity index (χ3v) is 5.44. The second-order valence-corrected chi connectivity index (χ2v) is 7.78. The summed E-state index contributed by atoms with van der Waals surface area (Å²) in [5.41, 5.74) is 1.16. The van der Waals surface area contributed by atoms with Gasteiger partial charge in [-0.25, -0.2) is 0 Å². The number of likely N-dealkylation sites (N-methyl/N-ethyl adjacent to an activating group) is 1. The largest absolute Gasteiger partial charge is 0.351 e. The molecule has 0 spiro atoms. The Morgan fingerprint density at radius 1 is 0.935 bits per heavy atom. The van der Waals surface area contributed by atoms with Gasteiger partial charge in [0.1, 0.15) is 6.54 Å². The number of rotatable bonds is 9. The predicted octanol–water partition coefficient (Wildman–Crippen LogP) is 2.21. The number of carbonyl (C=O) groups is 1. The van der Waals surface area contributed by atoms with E-state index in [-0.39, 0.29) is 18.5 Å². The first-order valence-electron chi connectivity index (χ1n) is 10.7. The minimum Gasteiger partial charge on any atom is -0.351 e. The zero-order chi connectivity index (χ0) is 22.4. The summed E-state index contributed by atoms with van der Waals surface area (Å²) in [7, 11) is 2.02. The van der Waals surface area contributed by atoms with E-state index in [1.165, 1.54) is 14.7 Å². The number of nitrogens with one attached hydrogen (secondary N) is 1. The summed E-state index contributed by atoms with van der Waals surface area (Å²) in [5.74, 6) is -0.277. The Balaban J connectivity index is 1.74. The van der Waals surface area contributed by atoms with Gasteiger partial charge in [-0.15, -0.1) is 0 Å². The van der Waals surface area contributed by atoms with Gasteiger partial charge in [0.25, 0.3) is 0 Å². The molecule has 0 fully saturated rings. The fraction of sp³-hybridized carbons (Fsp3) is 0.375. The van der Waals surface area contributed by atoms with Crippen LogP contribution < -0.4 is 16.4 Å². The molecule has 1 aromatic heterocycles. The van der Waals surface area contributed by atoms with Crippen LogP contribution in [0, 0.1) is 0 Å². The molecule has 1 N–H and O–H groups in total. The van der Waals surface area contributed by atoms with Crippen LogP contribution in [0.25, 0.3) is 11.0 Å². The van der Waals surface area contributed by atoms with Crippen molar-refractivity contribution < 1.29 is 4.79 Å². The zero-order valence-corrected chi connectivity index (χ0v) is 18.4. The lowest BCUT2D eigenvalue weighted by atomic mass is 10.1. The second-order valence-electron chi connectivity index (χ2n) is 7.78. The van der Waals surface area contributed by atoms with Crippen LogP contribution in [0.15, 0.2) is 64.2 Å². The van der Waals surface area contributed by atoms with Crippen LogP contribution in [0.5, 0.6) is 0 Å². The van der Waals surface area contributed by atoms with E-state index in [2.05, 4.69) is 22.3 Å². The number of fused-ring (bicyclic) bond motifs is 1. The van der Waals surface area contributed by atoms with Gasteiger partial charge in [0.15, 0.2) is 0 Å². The Morgan fingerprint density at radius 3 is 2.13 bits per heavy atom. The lowest BCUT2D eigenvalue weighted by Crippen LogP contribution is -2.47. The first-order chi connectivity index (χ1) is 14.9. The molecule has 164 valence electrons. The molecule has 1 unspecified atom stereocenters. The quantitative estimate of drug-likeness (QED) is 0.537. The van der Waals surface area contributed by atoms with Crippen LogP contribution >= 0.6 is 0 Å². The van der Waals surface area contributed by atoms with Gasteiger partial charge in [0.05, 0.1) is 11.0 Å². The van der Waals surface area contributed by atoms with Crippen molar-refractivity contribution in [3.63, 3.8) is 0 Å². The lowest BCUT2D eigenvalue weighted by molar-refractivity contribution is -0.122. The SMILES string of the molecule is CCC(CN(C)Cc1ccccc1)NC(=O)Cn1c(=O)c(=O)n(CC)c2ccccc21. The molecule has 0 radical (unpaired) electrons. The minimum absolute atomic E-state index is 0.0563. The van der Waals surface area contributed by atoms with Crippen LogP contribution in [-0.4, -0.2) is 39.6 Å². The molecule has 31 heavy (non-hydrogen) atoms. The smallest absolute Gasteiger partial charge is 0.317 e. The molecule has 3 rings (SSSR count). The lowest BCUT2D eigenvalue weighted by Gasteiger charge is -2.24. The Kier molecular flexibility index (Phi) is 7.41. The summed E-state index contributed by atoms with van der Waals surface area (Å²) in [6.07, 6.45) is 0.762. The van der Waals surface area contributed by atoms with E-state index < -0.39 is 11.1 Å². The van der Waals surface area contributed by atoms with Crippen molar-refractivity contribution in [3.05, 3.63) is 80.9 Å². The van der Waals surface area contributed by atoms with Crippen molar-refractivity contribution in [2.45, 2.75) is 45.9 Å². The number of amides is 1. The molecule has 0 aliphatic carbocycles. The Bertz CT molecular complexity index is 1150. The molecular weight excluding hydrogens is 392 g/mol. The van der Waals surface area contributed by atoms with Crippen molar-refractivity contribution in [1.82, 2.24) is 19.4 Å². The summed E-state index contributed by atoms with van der Waals surface area (Å²) < 4.78 is 2.72. The van der Waals surface area contributed by atoms with Crippen molar-refractivity contribution in [1.29, 1.82) is 0 Å². The topological polar surface area (TPSA) is 76.3 Å². The zero-order valence-electron chi connectivity index (χ0n) is 18.4. The monoisotopic (exact) mass is 422 g/mol. The van der Waals surface area contributed by atoms with Gasteiger partial charge < -0.3 is 14.8 Å². The highest BCUT2D eigenvalue weighted by atomic mass is 16.2. The van der Waals surface area contributed by atoms with E-state index in [1.54, 1.807) is 18.2 Å². The van der Waals surface area contributed by atoms with Crippen LogP contribution in [0.1, 0.15) is 25.8 Å². The number of hydrogen-bond acceptors (Lipinski definition) is 4. The molecular formula is C24H30N4O3. The van der Waals surface area contributed by atoms with Gasteiger partial charge in [-0.05, 0) is 38.1 Å². The molecule has 1 atom stereocenters. The third kappa shape index (κ3) is 5.30. The standard InChI is InChI=1S/C24H30N4O3/c1-4-19(16-26(3)15-18-11-7-6-8-12-18)25-22(29)17-28-21-14-10-9-13-20(21)27(5-2)23(30)24(28)31/h6-14,19H,4-5,15-17H2,1-3H3,(H,25,29). The molecule has 0 saturated carbocycles. The van der Waals surface area contributed by atoms with Crippen LogP contribution in [0.3, 0.4) is 0 Å². The number of aromatic nitrogens is 2. The van der Waals surface area contributed by atoms with E-state index in [9.17, 15) is 14.4 Å². The van der Waals surface area contributed by atoms with Gasteiger partial charge in [0.2, 0.25) is 5.91 Å². The number of carbonyl (C=O) groups excluding carboxylic acids is 1. The number of hydrogen-bond donors (Lipinski definition) is 1. The summed E-state index contributed by atoms with van der Waals surface area (Å²) in [6, 6.07) is 17.3. The van der Waals surface area contributed by atoms with Gasteiger partial charge in [-0.3, -0.25) is 19.0 Å². The van der Waals surface area contributed by atoms with E-state index in [4.69, 9.17) is 0 Å². The van der Waals surface area contributed by atoms with Crippen molar-refractivity contribution in [2.24, 2.45) is 0 Å². The maximum Gasteiger partial charge on any atom is 0.317 e. The molecule has 3 aromatic rings. The normalized spacial score (nSPS) is 12.3. The molecule has 0 aliphatic rings. The van der Waals surface area contributed by atoms with E-state index in [1.807, 2.05) is 45.2 Å². The Labute approximate surface area is 181 Å². The third-order valence-electron chi connectivity index (χ3n) is 5.44. The minimum atomic E-state index is -0.676. The van der Waals surface area contributed by atoms with Crippen molar-refractivity contribution >= 4 is 16.9 Å². The first-order valence-corrected chi connectivity index (χ1v) is 10.7. The second kappa shape index (κ2) is 10.2. The molecule has 0 aliphatic heterocycles.